The minimum atomic E-state index is -1.10. The molecular weight excluding hydrogens is 332 g/mol. The first-order chi connectivity index (χ1) is 11.5. The van der Waals surface area contributed by atoms with Crippen molar-refractivity contribution in [2.45, 2.75) is 6.92 Å². The molecule has 0 aromatic heterocycles. The summed E-state index contributed by atoms with van der Waals surface area (Å²) in [5, 5.41) is 13.5. The van der Waals surface area contributed by atoms with Gasteiger partial charge in [0.05, 0.1) is 36.2 Å². The molecule has 0 spiro atoms. The first kappa shape index (κ1) is 17.6. The van der Waals surface area contributed by atoms with Crippen LogP contribution in [0.2, 0.25) is 5.02 Å². The zero-order valence-electron chi connectivity index (χ0n) is 13.5. The summed E-state index contributed by atoms with van der Waals surface area (Å²) in [4.78, 5) is 11.1. The third kappa shape index (κ3) is 3.97. The van der Waals surface area contributed by atoms with E-state index in [4.69, 9.17) is 26.2 Å². The maximum absolute atomic E-state index is 11.1. The average molecular weight is 349 g/mol. The summed E-state index contributed by atoms with van der Waals surface area (Å²) < 4.78 is 10.5. The number of ether oxygens (including phenoxy) is 2. The van der Waals surface area contributed by atoms with Crippen LogP contribution in [0, 0.1) is 0 Å². The van der Waals surface area contributed by atoms with Crippen molar-refractivity contribution in [1.82, 2.24) is 0 Å². The number of carbonyl (C=O) groups is 1. The molecule has 0 aliphatic rings. The number of hydrazone groups is 1. The number of rotatable bonds is 6. The Kier molecular flexibility index (Phi) is 5.65. The molecule has 2 aromatic carbocycles. The van der Waals surface area contributed by atoms with Crippen LogP contribution in [0.1, 0.15) is 22.8 Å². The van der Waals surface area contributed by atoms with Gasteiger partial charge >= 0.3 is 5.97 Å². The molecule has 0 saturated carbocycles. The highest BCUT2D eigenvalue weighted by molar-refractivity contribution is 6.33. The van der Waals surface area contributed by atoms with E-state index in [0.717, 1.165) is 5.56 Å². The third-order valence-electron chi connectivity index (χ3n) is 3.35. The smallest absolute Gasteiger partial charge is 0.337 e. The SMILES string of the molecule is COc1ccc(OC)c(/C(C)=N\Nc2ccc(Cl)c(C(=O)O)c2)c1. The number of nitrogens with one attached hydrogen (secondary N) is 1. The second-order valence-corrected chi connectivity index (χ2v) is 5.28. The number of halogens is 1. The van der Waals surface area contributed by atoms with Crippen LogP contribution >= 0.6 is 11.6 Å². The number of hydrogen-bond acceptors (Lipinski definition) is 5. The Bertz CT molecular complexity index is 790. The van der Waals surface area contributed by atoms with Crippen LogP contribution in [0.5, 0.6) is 11.5 Å². The molecule has 2 rings (SSSR count). The fourth-order valence-electron chi connectivity index (χ4n) is 2.06. The van der Waals surface area contributed by atoms with E-state index in [0.29, 0.717) is 22.9 Å². The van der Waals surface area contributed by atoms with Crippen LogP contribution in [0.3, 0.4) is 0 Å². The Morgan fingerprint density at radius 2 is 1.88 bits per heavy atom. The summed E-state index contributed by atoms with van der Waals surface area (Å²) in [6.07, 6.45) is 0. The van der Waals surface area contributed by atoms with Gasteiger partial charge in [0.25, 0.3) is 0 Å². The molecule has 0 aliphatic carbocycles. The van der Waals surface area contributed by atoms with Crippen LogP contribution < -0.4 is 14.9 Å². The van der Waals surface area contributed by atoms with Gasteiger partial charge in [-0.05, 0) is 43.3 Å². The van der Waals surface area contributed by atoms with Crippen molar-refractivity contribution in [1.29, 1.82) is 0 Å². The Morgan fingerprint density at radius 3 is 2.50 bits per heavy atom. The molecular formula is C17H17ClN2O4. The molecule has 0 atom stereocenters. The number of carboxylic acid groups (broad SMARTS) is 1. The van der Waals surface area contributed by atoms with Gasteiger partial charge in [-0.2, -0.15) is 5.10 Å². The van der Waals surface area contributed by atoms with E-state index >= 15 is 0 Å². The summed E-state index contributed by atoms with van der Waals surface area (Å²) in [6, 6.07) is 9.96. The molecule has 0 unspecified atom stereocenters. The maximum atomic E-state index is 11.1. The van der Waals surface area contributed by atoms with Gasteiger partial charge in [-0.1, -0.05) is 11.6 Å². The van der Waals surface area contributed by atoms with E-state index in [9.17, 15) is 4.79 Å². The lowest BCUT2D eigenvalue weighted by Gasteiger charge is -2.11. The van der Waals surface area contributed by atoms with Crippen molar-refractivity contribution in [3.63, 3.8) is 0 Å². The molecule has 24 heavy (non-hydrogen) atoms. The zero-order chi connectivity index (χ0) is 17.7. The number of benzene rings is 2. The van der Waals surface area contributed by atoms with Crippen molar-refractivity contribution in [3.05, 3.63) is 52.5 Å². The second-order valence-electron chi connectivity index (χ2n) is 4.88. The fourth-order valence-corrected chi connectivity index (χ4v) is 2.26. The lowest BCUT2D eigenvalue weighted by atomic mass is 10.1. The lowest BCUT2D eigenvalue weighted by Crippen LogP contribution is -2.04. The number of methoxy groups -OCH3 is 2. The number of nitrogens with zero attached hydrogens (tertiary/aromatic N) is 1. The Labute approximate surface area is 144 Å². The van der Waals surface area contributed by atoms with Crippen LogP contribution in [0.25, 0.3) is 0 Å². The standard InChI is InChI=1S/C17H17ClN2O4/c1-10(13-9-12(23-2)5-7-16(13)24-3)19-20-11-4-6-15(18)14(8-11)17(21)22/h4-9,20H,1-3H3,(H,21,22)/b19-10-. The van der Waals surface area contributed by atoms with E-state index < -0.39 is 5.97 Å². The largest absolute Gasteiger partial charge is 0.497 e. The van der Waals surface area contributed by atoms with Crippen molar-refractivity contribution in [2.75, 3.05) is 19.6 Å². The van der Waals surface area contributed by atoms with E-state index in [1.807, 2.05) is 6.07 Å². The molecule has 0 heterocycles. The van der Waals surface area contributed by atoms with Crippen molar-refractivity contribution in [2.24, 2.45) is 5.10 Å². The topological polar surface area (TPSA) is 80.2 Å². The minimum Gasteiger partial charge on any atom is -0.497 e. The van der Waals surface area contributed by atoms with Gasteiger partial charge in [0.1, 0.15) is 11.5 Å². The van der Waals surface area contributed by atoms with Crippen molar-refractivity contribution < 1.29 is 19.4 Å². The van der Waals surface area contributed by atoms with Gasteiger partial charge in [-0.15, -0.1) is 0 Å². The maximum Gasteiger partial charge on any atom is 0.337 e. The Hall–Kier alpha value is -2.73. The predicted molar refractivity (Wildman–Crippen MR) is 93.8 cm³/mol. The van der Waals surface area contributed by atoms with E-state index in [1.54, 1.807) is 39.3 Å². The second kappa shape index (κ2) is 7.70. The number of anilines is 1. The molecule has 0 amide bonds. The Balaban J connectivity index is 2.29. The van der Waals surface area contributed by atoms with Gasteiger partial charge in [-0.25, -0.2) is 4.79 Å². The van der Waals surface area contributed by atoms with Crippen LogP contribution in [0.15, 0.2) is 41.5 Å². The van der Waals surface area contributed by atoms with Gasteiger partial charge in [-0.3, -0.25) is 5.43 Å². The summed E-state index contributed by atoms with van der Waals surface area (Å²) in [5.74, 6) is 0.236. The minimum absolute atomic E-state index is 0.00785. The molecule has 0 bridgehead atoms. The molecule has 0 radical (unpaired) electrons. The molecule has 7 heteroatoms. The summed E-state index contributed by atoms with van der Waals surface area (Å²) in [6.45, 7) is 1.80. The molecule has 2 N–H and O–H groups in total. The van der Waals surface area contributed by atoms with Gasteiger partial charge < -0.3 is 14.6 Å². The van der Waals surface area contributed by atoms with Gasteiger partial charge in [0, 0.05) is 5.56 Å². The van der Waals surface area contributed by atoms with E-state index in [-0.39, 0.29) is 10.6 Å². The van der Waals surface area contributed by atoms with Crippen molar-refractivity contribution >= 4 is 29.0 Å². The predicted octanol–water partition coefficient (Wildman–Crippen LogP) is 3.89. The van der Waals surface area contributed by atoms with Crippen molar-refractivity contribution in [3.8, 4) is 11.5 Å². The number of hydrogen-bond donors (Lipinski definition) is 2. The quantitative estimate of drug-likeness (QED) is 0.611. The summed E-state index contributed by atoms with van der Waals surface area (Å²) >= 11 is 5.85. The lowest BCUT2D eigenvalue weighted by molar-refractivity contribution is 0.0697. The van der Waals surface area contributed by atoms with Crippen LogP contribution in [-0.4, -0.2) is 31.0 Å². The molecule has 0 aliphatic heterocycles. The first-order valence-corrected chi connectivity index (χ1v) is 7.39. The van der Waals surface area contributed by atoms with E-state index in [2.05, 4.69) is 10.5 Å². The molecule has 0 saturated heterocycles. The fraction of sp³-hybridized carbons (Fsp3) is 0.176. The molecule has 2 aromatic rings. The van der Waals surface area contributed by atoms with Crippen LogP contribution in [0.4, 0.5) is 5.69 Å². The highest BCUT2D eigenvalue weighted by Gasteiger charge is 2.10. The number of carboxylic acids is 1. The van der Waals surface area contributed by atoms with Gasteiger partial charge in [0.15, 0.2) is 0 Å². The Morgan fingerprint density at radius 1 is 1.12 bits per heavy atom. The first-order valence-electron chi connectivity index (χ1n) is 7.01. The number of aromatic carboxylic acids is 1. The van der Waals surface area contributed by atoms with Crippen LogP contribution in [-0.2, 0) is 0 Å². The summed E-state index contributed by atoms with van der Waals surface area (Å²) in [5.41, 5.74) is 4.76. The molecule has 6 nitrogen and oxygen atoms in total. The average Bonchev–Trinajstić information content (AvgIpc) is 2.59. The van der Waals surface area contributed by atoms with Gasteiger partial charge in [0.2, 0.25) is 0 Å². The highest BCUT2D eigenvalue weighted by Crippen LogP contribution is 2.25. The van der Waals surface area contributed by atoms with E-state index in [1.165, 1.54) is 12.1 Å². The monoisotopic (exact) mass is 348 g/mol. The zero-order valence-corrected chi connectivity index (χ0v) is 14.2. The summed E-state index contributed by atoms with van der Waals surface area (Å²) in [7, 11) is 3.15. The third-order valence-corrected chi connectivity index (χ3v) is 3.68. The highest BCUT2D eigenvalue weighted by atomic mass is 35.5. The molecule has 0 fully saturated rings. The normalized spacial score (nSPS) is 11.1. The molecule has 126 valence electrons.